The second kappa shape index (κ2) is 6.99. The van der Waals surface area contributed by atoms with Gasteiger partial charge in [0.2, 0.25) is 0 Å². The molecular weight excluding hydrogens is 184 g/mol. The molecule has 6 nitrogen and oxygen atoms in total. The van der Waals surface area contributed by atoms with Gasteiger partial charge in [-0.05, 0) is 26.2 Å². The Labute approximate surface area is 83.4 Å². The Kier molecular flexibility index (Phi) is 6.26. The average Bonchev–Trinajstić information content (AvgIpc) is 2.01. The zero-order valence-corrected chi connectivity index (χ0v) is 8.38. The maximum Gasteiger partial charge on any atom is 0.312 e. The molecule has 0 spiro atoms. The van der Waals surface area contributed by atoms with Gasteiger partial charge in [0, 0.05) is 12.6 Å². The molecule has 0 fully saturated rings. The number of hydrogen-bond donors (Lipinski definition) is 4. The number of hydrogen-bond acceptors (Lipinski definition) is 2. The molecule has 14 heavy (non-hydrogen) atoms. The molecule has 0 rings (SSSR count). The Balaban J connectivity index is 3.27. The third-order valence-electron chi connectivity index (χ3n) is 1.75. The highest BCUT2D eigenvalue weighted by molar-refractivity contribution is 5.72. The zero-order chi connectivity index (χ0) is 11.0. The molecule has 1 unspecified atom stereocenters. The predicted octanol–water partition coefficient (Wildman–Crippen LogP) is -0.118. The second-order valence-electron chi connectivity index (χ2n) is 3.20. The van der Waals surface area contributed by atoms with Crippen molar-refractivity contribution in [1.29, 1.82) is 0 Å². The van der Waals surface area contributed by atoms with E-state index in [1.165, 1.54) is 0 Å². The predicted molar refractivity (Wildman–Crippen MR) is 53.6 cm³/mol. The van der Waals surface area contributed by atoms with E-state index in [4.69, 9.17) is 11.5 Å². The first kappa shape index (κ1) is 12.5. The van der Waals surface area contributed by atoms with Crippen molar-refractivity contribution >= 4 is 12.1 Å². The van der Waals surface area contributed by atoms with Gasteiger partial charge in [0.25, 0.3) is 0 Å². The Morgan fingerprint density at radius 3 is 2.36 bits per heavy atom. The Morgan fingerprint density at radius 2 is 1.86 bits per heavy atom. The van der Waals surface area contributed by atoms with E-state index >= 15 is 0 Å². The lowest BCUT2D eigenvalue weighted by Crippen LogP contribution is -2.36. The molecule has 0 aromatic rings. The first-order valence-corrected chi connectivity index (χ1v) is 4.61. The fourth-order valence-corrected chi connectivity index (χ4v) is 1.10. The first-order valence-electron chi connectivity index (χ1n) is 4.61. The van der Waals surface area contributed by atoms with E-state index < -0.39 is 12.1 Å². The van der Waals surface area contributed by atoms with Crippen molar-refractivity contribution in [3.8, 4) is 0 Å². The van der Waals surface area contributed by atoms with Gasteiger partial charge < -0.3 is 22.1 Å². The van der Waals surface area contributed by atoms with Gasteiger partial charge in [0.15, 0.2) is 0 Å². The second-order valence-corrected chi connectivity index (χ2v) is 3.20. The molecule has 0 aliphatic rings. The highest BCUT2D eigenvalue weighted by Crippen LogP contribution is 1.98. The molecule has 4 amide bonds. The number of primary amides is 2. The van der Waals surface area contributed by atoms with Crippen LogP contribution in [0.15, 0.2) is 0 Å². The van der Waals surface area contributed by atoms with Crippen molar-refractivity contribution in [2.45, 2.75) is 32.2 Å². The maximum atomic E-state index is 10.4. The van der Waals surface area contributed by atoms with Gasteiger partial charge in [0.1, 0.15) is 0 Å². The van der Waals surface area contributed by atoms with Crippen LogP contribution in [0.1, 0.15) is 26.2 Å². The van der Waals surface area contributed by atoms with E-state index in [1.54, 1.807) is 0 Å². The van der Waals surface area contributed by atoms with Crippen molar-refractivity contribution < 1.29 is 9.59 Å². The van der Waals surface area contributed by atoms with Crippen LogP contribution < -0.4 is 22.1 Å². The molecule has 6 heteroatoms. The van der Waals surface area contributed by atoms with Gasteiger partial charge in [-0.2, -0.15) is 0 Å². The Bertz CT molecular complexity index is 196. The molecule has 0 bridgehead atoms. The minimum Gasteiger partial charge on any atom is -0.352 e. The van der Waals surface area contributed by atoms with E-state index in [1.807, 2.05) is 6.92 Å². The molecule has 0 aliphatic heterocycles. The molecule has 82 valence electrons. The van der Waals surface area contributed by atoms with Crippen LogP contribution in [0.25, 0.3) is 0 Å². The van der Waals surface area contributed by atoms with E-state index in [2.05, 4.69) is 10.6 Å². The minimum absolute atomic E-state index is 0.0704. The summed E-state index contributed by atoms with van der Waals surface area (Å²) in [5.41, 5.74) is 9.82. The smallest absolute Gasteiger partial charge is 0.312 e. The fourth-order valence-electron chi connectivity index (χ4n) is 1.10. The van der Waals surface area contributed by atoms with Gasteiger partial charge in [-0.3, -0.25) is 0 Å². The van der Waals surface area contributed by atoms with Crippen LogP contribution in [-0.2, 0) is 0 Å². The van der Waals surface area contributed by atoms with Crippen molar-refractivity contribution in [2.75, 3.05) is 6.54 Å². The lowest BCUT2D eigenvalue weighted by Gasteiger charge is -2.11. The van der Waals surface area contributed by atoms with Crippen LogP contribution >= 0.6 is 0 Å². The number of carbonyl (C=O) groups is 2. The van der Waals surface area contributed by atoms with Crippen molar-refractivity contribution in [3.63, 3.8) is 0 Å². The van der Waals surface area contributed by atoms with Crippen LogP contribution in [0, 0.1) is 0 Å². The summed E-state index contributed by atoms with van der Waals surface area (Å²) in [5.74, 6) is 0. The van der Waals surface area contributed by atoms with E-state index in [0.717, 1.165) is 19.3 Å². The number of amides is 4. The first-order chi connectivity index (χ1) is 6.52. The van der Waals surface area contributed by atoms with E-state index in [0.29, 0.717) is 6.54 Å². The minimum atomic E-state index is -0.507. The summed E-state index contributed by atoms with van der Waals surface area (Å²) in [6.45, 7) is 2.45. The molecular formula is C8H18N4O2. The standard InChI is InChI=1S/C8H18N4O2/c1-6(12-8(10)14)4-2-3-5-11-7(9)13/h6H,2-5H2,1H3,(H3,9,11,13)(H3,10,12,14). The summed E-state index contributed by atoms with van der Waals surface area (Å²) in [4.78, 5) is 20.7. The average molecular weight is 202 g/mol. The summed E-state index contributed by atoms with van der Waals surface area (Å²) >= 11 is 0. The number of unbranched alkanes of at least 4 members (excludes halogenated alkanes) is 1. The summed E-state index contributed by atoms with van der Waals surface area (Å²) in [6, 6.07) is -0.942. The van der Waals surface area contributed by atoms with Crippen LogP contribution in [0.2, 0.25) is 0 Å². The molecule has 0 saturated carbocycles. The lowest BCUT2D eigenvalue weighted by atomic mass is 10.1. The lowest BCUT2D eigenvalue weighted by molar-refractivity contribution is 0.245. The quantitative estimate of drug-likeness (QED) is 0.450. The van der Waals surface area contributed by atoms with Crippen molar-refractivity contribution in [3.05, 3.63) is 0 Å². The number of nitrogens with one attached hydrogen (secondary N) is 2. The monoisotopic (exact) mass is 202 g/mol. The van der Waals surface area contributed by atoms with Crippen LogP contribution in [0.4, 0.5) is 9.59 Å². The van der Waals surface area contributed by atoms with Crippen molar-refractivity contribution in [1.82, 2.24) is 10.6 Å². The Morgan fingerprint density at radius 1 is 1.21 bits per heavy atom. The molecule has 0 aromatic carbocycles. The summed E-state index contributed by atoms with van der Waals surface area (Å²) in [6.07, 6.45) is 2.58. The van der Waals surface area contributed by atoms with Crippen LogP contribution in [-0.4, -0.2) is 24.6 Å². The van der Waals surface area contributed by atoms with Gasteiger partial charge >= 0.3 is 12.1 Å². The fraction of sp³-hybridized carbons (Fsp3) is 0.750. The summed E-state index contributed by atoms with van der Waals surface area (Å²) in [5, 5.41) is 5.06. The maximum absolute atomic E-state index is 10.4. The highest BCUT2D eigenvalue weighted by Gasteiger charge is 2.02. The normalized spacial score (nSPS) is 11.8. The van der Waals surface area contributed by atoms with E-state index in [-0.39, 0.29) is 6.04 Å². The highest BCUT2D eigenvalue weighted by atomic mass is 16.2. The molecule has 0 heterocycles. The largest absolute Gasteiger partial charge is 0.352 e. The Hall–Kier alpha value is -1.46. The number of carbonyl (C=O) groups excluding carboxylic acids is 2. The number of rotatable bonds is 6. The third kappa shape index (κ3) is 8.63. The zero-order valence-electron chi connectivity index (χ0n) is 8.38. The van der Waals surface area contributed by atoms with Gasteiger partial charge in [-0.1, -0.05) is 0 Å². The summed E-state index contributed by atoms with van der Waals surface area (Å²) in [7, 11) is 0. The van der Waals surface area contributed by atoms with Crippen LogP contribution in [0.5, 0.6) is 0 Å². The molecule has 6 N–H and O–H groups in total. The molecule has 1 atom stereocenters. The van der Waals surface area contributed by atoms with Gasteiger partial charge in [0.05, 0.1) is 0 Å². The van der Waals surface area contributed by atoms with Gasteiger partial charge in [-0.25, -0.2) is 9.59 Å². The number of nitrogens with two attached hydrogens (primary N) is 2. The molecule has 0 saturated heterocycles. The number of urea groups is 2. The van der Waals surface area contributed by atoms with Crippen molar-refractivity contribution in [2.24, 2.45) is 11.5 Å². The topological polar surface area (TPSA) is 110 Å². The molecule has 0 aromatic heterocycles. The molecule has 0 radical (unpaired) electrons. The van der Waals surface area contributed by atoms with Gasteiger partial charge in [-0.15, -0.1) is 0 Å². The third-order valence-corrected chi connectivity index (χ3v) is 1.75. The SMILES string of the molecule is CC(CCCCNC(N)=O)NC(N)=O. The summed E-state index contributed by atoms with van der Waals surface area (Å²) < 4.78 is 0. The molecule has 0 aliphatic carbocycles. The van der Waals surface area contributed by atoms with E-state index in [9.17, 15) is 9.59 Å². The van der Waals surface area contributed by atoms with Crippen LogP contribution in [0.3, 0.4) is 0 Å².